The quantitative estimate of drug-likeness (QED) is 0.316. The number of unbranched alkanes of at least 4 members (excludes halogenated alkanes) is 2. The third-order valence-electron chi connectivity index (χ3n) is 3.04. The van der Waals surface area contributed by atoms with Crippen molar-refractivity contribution in [2.75, 3.05) is 0 Å². The summed E-state index contributed by atoms with van der Waals surface area (Å²) in [6.45, 7) is 1.58. The van der Waals surface area contributed by atoms with E-state index in [4.69, 9.17) is 10.8 Å². The highest BCUT2D eigenvalue weighted by atomic mass is 16.4. The molecule has 0 saturated carbocycles. The van der Waals surface area contributed by atoms with Crippen LogP contribution < -0.4 is 5.73 Å². The minimum Gasteiger partial charge on any atom is -0.478 e. The number of nitrogens with zero attached hydrogens (tertiary/aromatic N) is 2. The first-order chi connectivity index (χ1) is 10.5. The van der Waals surface area contributed by atoms with E-state index < -0.39 is 5.97 Å². The second-order valence-corrected chi connectivity index (χ2v) is 4.99. The van der Waals surface area contributed by atoms with Gasteiger partial charge in [-0.15, -0.1) is 5.10 Å². The normalized spacial score (nSPS) is 11.8. The summed E-state index contributed by atoms with van der Waals surface area (Å²) < 4.78 is 0. The number of ketones is 1. The first-order valence-corrected chi connectivity index (χ1v) is 7.18. The molecule has 1 rings (SSSR count). The SMILES string of the molecule is CC(=O)CCCCCC(N)=NN=Cc1ccccc1C(=O)O. The van der Waals surface area contributed by atoms with Crippen molar-refractivity contribution < 1.29 is 14.7 Å². The Labute approximate surface area is 129 Å². The zero-order valence-electron chi connectivity index (χ0n) is 12.7. The van der Waals surface area contributed by atoms with Crippen molar-refractivity contribution in [1.29, 1.82) is 0 Å². The summed E-state index contributed by atoms with van der Waals surface area (Å²) in [6, 6.07) is 6.54. The summed E-state index contributed by atoms with van der Waals surface area (Å²) in [7, 11) is 0. The highest BCUT2D eigenvalue weighted by Crippen LogP contribution is 2.06. The van der Waals surface area contributed by atoms with Gasteiger partial charge >= 0.3 is 5.97 Å². The van der Waals surface area contributed by atoms with E-state index >= 15 is 0 Å². The Kier molecular flexibility index (Phi) is 7.53. The van der Waals surface area contributed by atoms with Gasteiger partial charge in [0.2, 0.25) is 0 Å². The van der Waals surface area contributed by atoms with Crippen LogP contribution in [0.5, 0.6) is 0 Å². The Balaban J connectivity index is 2.46. The maximum Gasteiger partial charge on any atom is 0.336 e. The molecular weight excluding hydrogens is 282 g/mol. The molecule has 0 aliphatic heterocycles. The first-order valence-electron chi connectivity index (χ1n) is 7.18. The second kappa shape index (κ2) is 9.44. The molecule has 0 radical (unpaired) electrons. The van der Waals surface area contributed by atoms with Gasteiger partial charge in [-0.3, -0.25) is 0 Å². The van der Waals surface area contributed by atoms with Gasteiger partial charge in [0.25, 0.3) is 0 Å². The summed E-state index contributed by atoms with van der Waals surface area (Å²) in [5, 5.41) is 16.7. The molecule has 0 aliphatic rings. The van der Waals surface area contributed by atoms with Crippen molar-refractivity contribution in [3.05, 3.63) is 35.4 Å². The van der Waals surface area contributed by atoms with Gasteiger partial charge in [0, 0.05) is 18.4 Å². The number of carbonyl (C=O) groups is 2. The van der Waals surface area contributed by atoms with Crippen LogP contribution in [0.4, 0.5) is 0 Å². The molecule has 0 aliphatic carbocycles. The Hall–Kier alpha value is -2.50. The van der Waals surface area contributed by atoms with Crippen LogP contribution in [0.1, 0.15) is 54.9 Å². The minimum absolute atomic E-state index is 0.171. The fourth-order valence-electron chi connectivity index (χ4n) is 1.88. The van der Waals surface area contributed by atoms with E-state index in [1.165, 1.54) is 12.3 Å². The summed E-state index contributed by atoms with van der Waals surface area (Å²) in [4.78, 5) is 21.8. The molecule has 118 valence electrons. The molecule has 0 atom stereocenters. The van der Waals surface area contributed by atoms with E-state index in [1.54, 1.807) is 25.1 Å². The summed E-state index contributed by atoms with van der Waals surface area (Å²) >= 11 is 0. The molecule has 22 heavy (non-hydrogen) atoms. The summed E-state index contributed by atoms with van der Waals surface area (Å²) in [5.74, 6) is -0.417. The number of carbonyl (C=O) groups excluding carboxylic acids is 1. The Morgan fingerprint density at radius 3 is 2.55 bits per heavy atom. The van der Waals surface area contributed by atoms with Crippen LogP contribution in [0.2, 0.25) is 0 Å². The molecule has 0 fully saturated rings. The van der Waals surface area contributed by atoms with E-state index in [1.807, 2.05) is 0 Å². The van der Waals surface area contributed by atoms with E-state index in [2.05, 4.69) is 10.2 Å². The molecule has 3 N–H and O–H groups in total. The molecule has 0 heterocycles. The Morgan fingerprint density at radius 2 is 1.86 bits per heavy atom. The zero-order chi connectivity index (χ0) is 16.4. The third kappa shape index (κ3) is 6.78. The van der Waals surface area contributed by atoms with Crippen LogP contribution in [-0.4, -0.2) is 28.9 Å². The van der Waals surface area contributed by atoms with Gasteiger partial charge in [0.15, 0.2) is 0 Å². The van der Waals surface area contributed by atoms with Crippen molar-refractivity contribution in [2.45, 2.75) is 39.0 Å². The fourth-order valence-corrected chi connectivity index (χ4v) is 1.88. The van der Waals surface area contributed by atoms with Crippen LogP contribution in [0, 0.1) is 0 Å². The number of nitrogens with two attached hydrogens (primary N) is 1. The molecule has 1 aromatic rings. The lowest BCUT2D eigenvalue weighted by Crippen LogP contribution is -2.10. The average molecular weight is 303 g/mol. The average Bonchev–Trinajstić information content (AvgIpc) is 2.47. The number of aromatic carboxylic acids is 1. The summed E-state index contributed by atoms with van der Waals surface area (Å²) in [5.41, 5.74) is 6.38. The molecule has 1 aromatic carbocycles. The van der Waals surface area contributed by atoms with Crippen molar-refractivity contribution in [2.24, 2.45) is 15.9 Å². The van der Waals surface area contributed by atoms with Crippen LogP contribution in [0.3, 0.4) is 0 Å². The molecular formula is C16H21N3O3. The van der Waals surface area contributed by atoms with Crippen molar-refractivity contribution in [3.8, 4) is 0 Å². The summed E-state index contributed by atoms with van der Waals surface area (Å²) in [6.07, 6.45) is 5.21. The molecule has 6 nitrogen and oxygen atoms in total. The van der Waals surface area contributed by atoms with Gasteiger partial charge < -0.3 is 15.6 Å². The highest BCUT2D eigenvalue weighted by molar-refractivity contribution is 5.98. The number of hydrogen-bond donors (Lipinski definition) is 2. The molecule has 0 unspecified atom stereocenters. The van der Waals surface area contributed by atoms with E-state index in [-0.39, 0.29) is 11.3 Å². The highest BCUT2D eigenvalue weighted by Gasteiger charge is 2.06. The van der Waals surface area contributed by atoms with E-state index in [0.29, 0.717) is 24.2 Å². The predicted molar refractivity (Wildman–Crippen MR) is 86.4 cm³/mol. The monoisotopic (exact) mass is 303 g/mol. The van der Waals surface area contributed by atoms with Crippen molar-refractivity contribution in [3.63, 3.8) is 0 Å². The van der Waals surface area contributed by atoms with Gasteiger partial charge in [-0.1, -0.05) is 24.6 Å². The maximum absolute atomic E-state index is 11.0. The molecule has 0 spiro atoms. The number of benzene rings is 1. The number of Topliss-reactive ketones (excluding diaryl/α,β-unsaturated/α-hetero) is 1. The molecule has 0 aromatic heterocycles. The lowest BCUT2D eigenvalue weighted by atomic mass is 10.1. The molecule has 0 saturated heterocycles. The molecule has 0 amide bonds. The second-order valence-electron chi connectivity index (χ2n) is 4.99. The van der Waals surface area contributed by atoms with Crippen LogP contribution in [0.15, 0.2) is 34.5 Å². The fraction of sp³-hybridized carbons (Fsp3) is 0.375. The van der Waals surface area contributed by atoms with Gasteiger partial charge in [0.05, 0.1) is 11.8 Å². The predicted octanol–water partition coefficient (Wildman–Crippen LogP) is 2.62. The van der Waals surface area contributed by atoms with E-state index in [9.17, 15) is 9.59 Å². The van der Waals surface area contributed by atoms with Crippen LogP contribution in [0.25, 0.3) is 0 Å². The Morgan fingerprint density at radius 1 is 1.18 bits per heavy atom. The lowest BCUT2D eigenvalue weighted by molar-refractivity contribution is -0.117. The molecule has 6 heteroatoms. The standard InChI is InChI=1S/C16H21N3O3/c1-12(20)7-3-2-4-10-15(17)19-18-11-13-8-5-6-9-14(13)16(21)22/h5-6,8-9,11H,2-4,7,10H2,1H3,(H2,17,19)(H,21,22). The van der Waals surface area contributed by atoms with Gasteiger partial charge in [-0.2, -0.15) is 5.10 Å². The van der Waals surface area contributed by atoms with Gasteiger partial charge in [0.1, 0.15) is 11.6 Å². The zero-order valence-corrected chi connectivity index (χ0v) is 12.7. The number of hydrogen-bond acceptors (Lipinski definition) is 4. The number of carboxylic acids is 1. The van der Waals surface area contributed by atoms with Crippen molar-refractivity contribution in [1.82, 2.24) is 0 Å². The lowest BCUT2D eigenvalue weighted by Gasteiger charge is -2.00. The van der Waals surface area contributed by atoms with Gasteiger partial charge in [-0.25, -0.2) is 4.79 Å². The first kappa shape index (κ1) is 17.6. The third-order valence-corrected chi connectivity index (χ3v) is 3.04. The minimum atomic E-state index is -1.01. The smallest absolute Gasteiger partial charge is 0.336 e. The molecule has 0 bridgehead atoms. The van der Waals surface area contributed by atoms with E-state index in [0.717, 1.165) is 19.3 Å². The number of carboxylic acid groups (broad SMARTS) is 1. The number of amidine groups is 1. The topological polar surface area (TPSA) is 105 Å². The van der Waals surface area contributed by atoms with Crippen LogP contribution in [-0.2, 0) is 4.79 Å². The van der Waals surface area contributed by atoms with Crippen LogP contribution >= 0.6 is 0 Å². The Bertz CT molecular complexity index is 580. The van der Waals surface area contributed by atoms with Gasteiger partial charge in [-0.05, 0) is 25.8 Å². The largest absolute Gasteiger partial charge is 0.478 e. The maximum atomic E-state index is 11.0. The number of rotatable bonds is 9. The van der Waals surface area contributed by atoms with Crippen molar-refractivity contribution >= 4 is 23.8 Å².